The Hall–Kier alpha value is -0.760. The lowest BCUT2D eigenvalue weighted by molar-refractivity contribution is -0.268. The van der Waals surface area contributed by atoms with Crippen LogP contribution in [0.5, 0.6) is 5.75 Å². The zero-order valence-electron chi connectivity index (χ0n) is 10.6. The molecule has 1 aromatic carbocycles. The molecule has 1 aliphatic heterocycles. The van der Waals surface area contributed by atoms with Gasteiger partial charge in [0, 0.05) is 23.6 Å². The number of benzene rings is 1. The van der Waals surface area contributed by atoms with E-state index < -0.39 is 30.7 Å². The first kappa shape index (κ1) is 15.6. The molecule has 20 heavy (non-hydrogen) atoms. The number of para-hydroxylation sites is 2. The summed E-state index contributed by atoms with van der Waals surface area (Å²) >= 11 is 11.3. The minimum absolute atomic E-state index is 0.275. The highest BCUT2D eigenvalue weighted by Gasteiger charge is 2.43. The molecule has 2 rings (SSSR count). The first-order valence-corrected chi connectivity index (χ1v) is 6.66. The van der Waals surface area contributed by atoms with E-state index in [4.69, 9.17) is 33.0 Å². The van der Waals surface area contributed by atoms with Crippen LogP contribution in [0.15, 0.2) is 24.3 Å². The fourth-order valence-corrected chi connectivity index (χ4v) is 2.21. The second kappa shape index (κ2) is 6.34. The van der Waals surface area contributed by atoms with Crippen molar-refractivity contribution in [3.63, 3.8) is 0 Å². The molecule has 112 valence electrons. The average Bonchev–Trinajstić information content (AvgIpc) is 2.43. The van der Waals surface area contributed by atoms with Crippen LogP contribution in [0.2, 0.25) is 0 Å². The van der Waals surface area contributed by atoms with E-state index in [9.17, 15) is 15.3 Å². The molecule has 0 saturated carbocycles. The van der Waals surface area contributed by atoms with Gasteiger partial charge in [-0.1, -0.05) is 12.1 Å². The van der Waals surface area contributed by atoms with Crippen molar-refractivity contribution >= 4 is 29.2 Å². The Morgan fingerprint density at radius 2 is 1.75 bits per heavy atom. The zero-order chi connectivity index (χ0) is 14.9. The van der Waals surface area contributed by atoms with Crippen LogP contribution >= 0.6 is 23.6 Å². The van der Waals surface area contributed by atoms with E-state index in [1.165, 1.54) is 0 Å². The maximum atomic E-state index is 9.88. The summed E-state index contributed by atoms with van der Waals surface area (Å²) in [5, 5.41) is 29.2. The van der Waals surface area contributed by atoms with Crippen LogP contribution < -0.4 is 8.67 Å². The van der Waals surface area contributed by atoms with Crippen LogP contribution in [0.4, 0.5) is 5.69 Å². The number of aliphatic hydroxyl groups is 3. The van der Waals surface area contributed by atoms with Gasteiger partial charge in [0.15, 0.2) is 0 Å². The monoisotopic (exact) mass is 323 g/mol. The molecule has 0 bridgehead atoms. The predicted molar refractivity (Wildman–Crippen MR) is 73.6 cm³/mol. The van der Waals surface area contributed by atoms with Gasteiger partial charge in [-0.25, -0.2) is 0 Å². The summed E-state index contributed by atoms with van der Waals surface area (Å²) in [4.78, 5) is 0. The SMILES string of the molecule is C[C@H]1OC(Oc2ccccc2N(Cl)Cl)[C@H](O)[C@@H](O)[C@H]1O. The topological polar surface area (TPSA) is 82.4 Å². The van der Waals surface area contributed by atoms with E-state index in [2.05, 4.69) is 0 Å². The quantitative estimate of drug-likeness (QED) is 0.720. The molecule has 0 aromatic heterocycles. The van der Waals surface area contributed by atoms with E-state index in [-0.39, 0.29) is 5.75 Å². The number of rotatable bonds is 3. The second-order valence-corrected chi connectivity index (χ2v) is 5.35. The lowest BCUT2D eigenvalue weighted by Gasteiger charge is -2.39. The molecule has 1 aliphatic rings. The molecule has 6 nitrogen and oxygen atoms in total. The largest absolute Gasteiger partial charge is 0.460 e. The maximum absolute atomic E-state index is 9.88. The van der Waals surface area contributed by atoms with Gasteiger partial charge in [-0.05, 0) is 19.1 Å². The molecule has 1 aromatic rings. The predicted octanol–water partition coefficient (Wildman–Crippen LogP) is 1.01. The summed E-state index contributed by atoms with van der Waals surface area (Å²) in [5.41, 5.74) is 0.361. The Kier molecular flexibility index (Phi) is 4.95. The Morgan fingerprint density at radius 1 is 1.10 bits per heavy atom. The lowest BCUT2D eigenvalue weighted by Crippen LogP contribution is -2.58. The van der Waals surface area contributed by atoms with Crippen molar-refractivity contribution in [1.82, 2.24) is 0 Å². The van der Waals surface area contributed by atoms with Crippen molar-refractivity contribution in [3.8, 4) is 5.75 Å². The minimum atomic E-state index is -1.40. The fraction of sp³-hybridized carbons (Fsp3) is 0.500. The highest BCUT2D eigenvalue weighted by molar-refractivity contribution is 6.49. The van der Waals surface area contributed by atoms with E-state index in [0.29, 0.717) is 5.69 Å². The molecular formula is C12H15Cl2NO5. The van der Waals surface area contributed by atoms with Gasteiger partial charge in [0.1, 0.15) is 29.7 Å². The Labute approximate surface area is 126 Å². The molecule has 1 unspecified atom stereocenters. The van der Waals surface area contributed by atoms with Gasteiger partial charge >= 0.3 is 0 Å². The van der Waals surface area contributed by atoms with E-state index in [1.54, 1.807) is 31.2 Å². The Balaban J connectivity index is 2.17. The van der Waals surface area contributed by atoms with Gasteiger partial charge in [0.05, 0.1) is 6.10 Å². The number of halogens is 2. The Bertz CT molecular complexity index is 461. The highest BCUT2D eigenvalue weighted by atomic mass is 35.5. The molecule has 1 fully saturated rings. The summed E-state index contributed by atoms with van der Waals surface area (Å²) in [5.74, 6) is 0.275. The van der Waals surface area contributed by atoms with Crippen LogP contribution in [0.1, 0.15) is 6.92 Å². The third-order valence-corrected chi connectivity index (χ3v) is 3.46. The summed E-state index contributed by atoms with van der Waals surface area (Å²) in [6.07, 6.45) is -5.77. The van der Waals surface area contributed by atoms with Crippen LogP contribution in [-0.4, -0.2) is 46.0 Å². The van der Waals surface area contributed by atoms with Gasteiger partial charge in [-0.3, -0.25) is 0 Å². The van der Waals surface area contributed by atoms with Crippen molar-refractivity contribution in [2.45, 2.75) is 37.6 Å². The molecule has 3 N–H and O–H groups in total. The third kappa shape index (κ3) is 3.11. The number of ether oxygens (including phenoxy) is 2. The van der Waals surface area contributed by atoms with Crippen molar-refractivity contribution < 1.29 is 24.8 Å². The molecule has 0 spiro atoms. The van der Waals surface area contributed by atoms with Crippen molar-refractivity contribution in [2.75, 3.05) is 3.94 Å². The molecule has 5 atom stereocenters. The van der Waals surface area contributed by atoms with Gasteiger partial charge < -0.3 is 24.8 Å². The van der Waals surface area contributed by atoms with Crippen molar-refractivity contribution in [2.24, 2.45) is 0 Å². The summed E-state index contributed by atoms with van der Waals surface area (Å²) in [7, 11) is 0. The van der Waals surface area contributed by atoms with E-state index >= 15 is 0 Å². The van der Waals surface area contributed by atoms with Crippen LogP contribution in [0.25, 0.3) is 0 Å². The van der Waals surface area contributed by atoms with Crippen LogP contribution in [0, 0.1) is 0 Å². The molecule has 8 heteroatoms. The van der Waals surface area contributed by atoms with Gasteiger partial charge in [0.2, 0.25) is 6.29 Å². The maximum Gasteiger partial charge on any atom is 0.229 e. The molecular weight excluding hydrogens is 309 g/mol. The van der Waals surface area contributed by atoms with Gasteiger partial charge in [-0.2, -0.15) is 3.94 Å². The summed E-state index contributed by atoms with van der Waals surface area (Å²) in [6.45, 7) is 1.57. The second-order valence-electron chi connectivity index (χ2n) is 4.50. The van der Waals surface area contributed by atoms with Gasteiger partial charge in [0.25, 0.3) is 0 Å². The number of hydrogen-bond acceptors (Lipinski definition) is 6. The average molecular weight is 324 g/mol. The fourth-order valence-electron chi connectivity index (χ4n) is 1.93. The molecule has 0 amide bonds. The number of nitrogens with zero attached hydrogens (tertiary/aromatic N) is 1. The summed E-state index contributed by atoms with van der Waals surface area (Å²) in [6, 6.07) is 6.60. The number of aliphatic hydroxyl groups excluding tert-OH is 3. The highest BCUT2D eigenvalue weighted by Crippen LogP contribution is 2.33. The first-order valence-electron chi connectivity index (χ1n) is 5.99. The van der Waals surface area contributed by atoms with Crippen molar-refractivity contribution in [3.05, 3.63) is 24.3 Å². The number of hydrogen-bond donors (Lipinski definition) is 3. The Morgan fingerprint density at radius 3 is 2.40 bits per heavy atom. The summed E-state index contributed by atoms with van der Waals surface area (Å²) < 4.78 is 11.6. The zero-order valence-corrected chi connectivity index (χ0v) is 12.1. The molecule has 0 aliphatic carbocycles. The smallest absolute Gasteiger partial charge is 0.229 e. The third-order valence-electron chi connectivity index (χ3n) is 3.10. The van der Waals surface area contributed by atoms with Crippen LogP contribution in [0.3, 0.4) is 0 Å². The van der Waals surface area contributed by atoms with Gasteiger partial charge in [-0.15, -0.1) is 0 Å². The van der Waals surface area contributed by atoms with E-state index in [0.717, 1.165) is 3.94 Å². The lowest BCUT2D eigenvalue weighted by atomic mass is 10.00. The molecule has 0 radical (unpaired) electrons. The number of anilines is 1. The standard InChI is InChI=1S/C12H15Cl2NO5/c1-6-9(16)10(17)11(18)12(19-6)20-8-5-3-2-4-7(8)15(13)14/h2-6,9-12,16-18H,1H3/t6-,9+,10+,11-,12?/m1/s1. The minimum Gasteiger partial charge on any atom is -0.460 e. The normalized spacial score (nSPS) is 33.8. The van der Waals surface area contributed by atoms with E-state index in [1.807, 2.05) is 0 Å². The van der Waals surface area contributed by atoms with Crippen LogP contribution in [-0.2, 0) is 4.74 Å². The molecule has 1 heterocycles. The first-order chi connectivity index (χ1) is 9.41. The molecule has 1 saturated heterocycles. The van der Waals surface area contributed by atoms with Crippen molar-refractivity contribution in [1.29, 1.82) is 0 Å².